The van der Waals surface area contributed by atoms with E-state index >= 15 is 0 Å². The number of unbranched alkanes of at least 4 members (excludes halogenated alkanes) is 1. The maximum absolute atomic E-state index is 11.4. The number of nitrogens with one attached hydrogen (secondary N) is 1. The first kappa shape index (κ1) is 10.5. The second kappa shape index (κ2) is 5.23. The normalized spacial score (nSPS) is 9.71. The number of hydrogen-bond donors (Lipinski definition) is 1. The molecule has 3 heteroatoms. The van der Waals surface area contributed by atoms with E-state index < -0.39 is 0 Å². The van der Waals surface area contributed by atoms with Gasteiger partial charge in [-0.25, -0.2) is 0 Å². The zero-order valence-corrected chi connectivity index (χ0v) is 8.34. The highest BCUT2D eigenvalue weighted by atomic mass is 16.1. The van der Waals surface area contributed by atoms with Crippen molar-refractivity contribution in [2.45, 2.75) is 32.6 Å². The molecular formula is C11H14N2O. The van der Waals surface area contributed by atoms with Gasteiger partial charge in [-0.05, 0) is 18.9 Å². The van der Waals surface area contributed by atoms with Gasteiger partial charge in [-0.15, -0.1) is 0 Å². The summed E-state index contributed by atoms with van der Waals surface area (Å²) in [6.07, 6.45) is 3.28. The Balaban J connectivity index is 2.80. The first-order valence-corrected chi connectivity index (χ1v) is 4.86. The van der Waals surface area contributed by atoms with Gasteiger partial charge >= 0.3 is 0 Å². The van der Waals surface area contributed by atoms with E-state index in [1.54, 1.807) is 6.07 Å². The third kappa shape index (κ3) is 2.74. The lowest BCUT2D eigenvalue weighted by Crippen LogP contribution is -2.13. The van der Waals surface area contributed by atoms with Gasteiger partial charge in [-0.1, -0.05) is 19.4 Å². The van der Waals surface area contributed by atoms with E-state index in [-0.39, 0.29) is 12.0 Å². The second-order valence-corrected chi connectivity index (χ2v) is 3.28. The molecule has 0 aliphatic rings. The van der Waals surface area contributed by atoms with Crippen LogP contribution in [-0.2, 0) is 12.8 Å². The zero-order valence-electron chi connectivity index (χ0n) is 8.34. The molecule has 1 N–H and O–H groups in total. The van der Waals surface area contributed by atoms with E-state index in [2.05, 4.69) is 11.9 Å². The van der Waals surface area contributed by atoms with E-state index in [1.165, 1.54) is 0 Å². The van der Waals surface area contributed by atoms with Crippen LogP contribution in [0.25, 0.3) is 0 Å². The molecule has 0 radical (unpaired) electrons. The van der Waals surface area contributed by atoms with Crippen LogP contribution in [0.5, 0.6) is 0 Å². The van der Waals surface area contributed by atoms with E-state index in [4.69, 9.17) is 5.26 Å². The molecule has 0 spiro atoms. The summed E-state index contributed by atoms with van der Waals surface area (Å²) in [4.78, 5) is 14.2. The Morgan fingerprint density at radius 1 is 1.50 bits per heavy atom. The molecule has 0 saturated heterocycles. The van der Waals surface area contributed by atoms with Crippen LogP contribution in [-0.4, -0.2) is 4.98 Å². The molecule has 0 amide bonds. The van der Waals surface area contributed by atoms with Crippen LogP contribution in [0, 0.1) is 11.3 Å². The standard InChI is InChI=1S/C11H14N2O/c1-2-3-4-10-6-5-9(7-8-12)11(14)13-10/h5-6H,2-4,7H2,1H3,(H,13,14). The molecule has 0 saturated carbocycles. The van der Waals surface area contributed by atoms with Crippen LogP contribution in [0.1, 0.15) is 31.0 Å². The van der Waals surface area contributed by atoms with Crippen LogP contribution < -0.4 is 5.56 Å². The van der Waals surface area contributed by atoms with Crippen molar-refractivity contribution in [3.05, 3.63) is 33.7 Å². The van der Waals surface area contributed by atoms with Crippen molar-refractivity contribution in [3.63, 3.8) is 0 Å². The molecule has 0 fully saturated rings. The van der Waals surface area contributed by atoms with Gasteiger partial charge in [0.1, 0.15) is 0 Å². The molecule has 0 unspecified atom stereocenters. The summed E-state index contributed by atoms with van der Waals surface area (Å²) >= 11 is 0. The van der Waals surface area contributed by atoms with Crippen LogP contribution in [0.15, 0.2) is 16.9 Å². The first-order valence-electron chi connectivity index (χ1n) is 4.86. The summed E-state index contributed by atoms with van der Waals surface area (Å²) in [5.74, 6) is 0. The highest BCUT2D eigenvalue weighted by Gasteiger charge is 1.99. The Morgan fingerprint density at radius 3 is 2.86 bits per heavy atom. The van der Waals surface area contributed by atoms with Gasteiger partial charge in [0, 0.05) is 11.3 Å². The van der Waals surface area contributed by atoms with Crippen molar-refractivity contribution in [2.24, 2.45) is 0 Å². The smallest absolute Gasteiger partial charge is 0.252 e. The fourth-order valence-corrected chi connectivity index (χ4v) is 1.28. The maximum Gasteiger partial charge on any atom is 0.252 e. The van der Waals surface area contributed by atoms with Crippen molar-refractivity contribution in [2.75, 3.05) is 0 Å². The van der Waals surface area contributed by atoms with Gasteiger partial charge in [0.25, 0.3) is 5.56 Å². The Bertz CT molecular complexity index is 387. The Labute approximate surface area is 83.4 Å². The summed E-state index contributed by atoms with van der Waals surface area (Å²) in [6.45, 7) is 2.11. The first-order chi connectivity index (χ1) is 6.77. The molecule has 1 heterocycles. The second-order valence-electron chi connectivity index (χ2n) is 3.28. The molecule has 1 aromatic rings. The number of nitriles is 1. The number of pyridine rings is 1. The van der Waals surface area contributed by atoms with E-state index in [9.17, 15) is 4.79 Å². The van der Waals surface area contributed by atoms with Crippen molar-refractivity contribution in [1.29, 1.82) is 5.26 Å². The Hall–Kier alpha value is -1.56. The monoisotopic (exact) mass is 190 g/mol. The van der Waals surface area contributed by atoms with Crippen molar-refractivity contribution < 1.29 is 0 Å². The lowest BCUT2D eigenvalue weighted by Gasteiger charge is -2.00. The average molecular weight is 190 g/mol. The van der Waals surface area contributed by atoms with Crippen molar-refractivity contribution in [3.8, 4) is 6.07 Å². The molecule has 0 bridgehead atoms. The van der Waals surface area contributed by atoms with Gasteiger partial charge in [0.2, 0.25) is 0 Å². The Kier molecular flexibility index (Phi) is 3.93. The summed E-state index contributed by atoms with van der Waals surface area (Å²) < 4.78 is 0. The van der Waals surface area contributed by atoms with Gasteiger partial charge in [-0.2, -0.15) is 5.26 Å². The molecule has 74 valence electrons. The third-order valence-electron chi connectivity index (χ3n) is 2.12. The SMILES string of the molecule is CCCCc1ccc(CC#N)c(=O)[nH]1. The predicted octanol–water partition coefficient (Wildman–Crippen LogP) is 1.78. The van der Waals surface area contributed by atoms with Gasteiger partial charge in [-0.3, -0.25) is 4.79 Å². The minimum Gasteiger partial charge on any atom is -0.326 e. The summed E-state index contributed by atoms with van der Waals surface area (Å²) in [5.41, 5.74) is 1.38. The highest BCUT2D eigenvalue weighted by Crippen LogP contribution is 2.01. The maximum atomic E-state index is 11.4. The van der Waals surface area contributed by atoms with Crippen molar-refractivity contribution in [1.82, 2.24) is 4.98 Å². The number of aromatic nitrogens is 1. The molecular weight excluding hydrogens is 176 g/mol. The quantitative estimate of drug-likeness (QED) is 0.786. The van der Waals surface area contributed by atoms with Gasteiger partial charge in [0.05, 0.1) is 12.5 Å². The summed E-state index contributed by atoms with van der Waals surface area (Å²) in [7, 11) is 0. The lowest BCUT2D eigenvalue weighted by molar-refractivity contribution is 0.772. The number of rotatable bonds is 4. The molecule has 1 rings (SSSR count). The average Bonchev–Trinajstić information content (AvgIpc) is 2.19. The number of H-pyrrole nitrogens is 1. The predicted molar refractivity (Wildman–Crippen MR) is 55.0 cm³/mol. The molecule has 14 heavy (non-hydrogen) atoms. The Morgan fingerprint density at radius 2 is 2.29 bits per heavy atom. The molecule has 1 aromatic heterocycles. The largest absolute Gasteiger partial charge is 0.326 e. The molecule has 0 aliphatic heterocycles. The van der Waals surface area contributed by atoms with Crippen LogP contribution in [0.4, 0.5) is 0 Å². The number of nitrogens with zero attached hydrogens (tertiary/aromatic N) is 1. The number of aryl methyl sites for hydroxylation is 1. The minimum atomic E-state index is -0.125. The third-order valence-corrected chi connectivity index (χ3v) is 2.12. The van der Waals surface area contributed by atoms with Crippen LogP contribution in [0.2, 0.25) is 0 Å². The summed E-state index contributed by atoms with van der Waals surface area (Å²) in [6, 6.07) is 5.60. The van der Waals surface area contributed by atoms with E-state index in [1.807, 2.05) is 12.1 Å². The highest BCUT2D eigenvalue weighted by molar-refractivity contribution is 5.17. The number of aromatic amines is 1. The van der Waals surface area contributed by atoms with Gasteiger partial charge in [0.15, 0.2) is 0 Å². The fraction of sp³-hybridized carbons (Fsp3) is 0.455. The van der Waals surface area contributed by atoms with Crippen LogP contribution in [0.3, 0.4) is 0 Å². The molecule has 3 nitrogen and oxygen atoms in total. The number of hydrogen-bond acceptors (Lipinski definition) is 2. The van der Waals surface area contributed by atoms with Gasteiger partial charge < -0.3 is 4.98 Å². The molecule has 0 aromatic carbocycles. The zero-order chi connectivity index (χ0) is 10.4. The topological polar surface area (TPSA) is 56.6 Å². The molecule has 0 aliphatic carbocycles. The lowest BCUT2D eigenvalue weighted by atomic mass is 10.1. The summed E-state index contributed by atoms with van der Waals surface area (Å²) in [5, 5.41) is 8.45. The van der Waals surface area contributed by atoms with E-state index in [0.717, 1.165) is 25.0 Å². The van der Waals surface area contributed by atoms with Crippen LogP contribution >= 0.6 is 0 Å². The van der Waals surface area contributed by atoms with Crippen molar-refractivity contribution >= 4 is 0 Å². The fourth-order valence-electron chi connectivity index (χ4n) is 1.28. The van der Waals surface area contributed by atoms with E-state index in [0.29, 0.717) is 5.56 Å². The molecule has 0 atom stereocenters. The minimum absolute atomic E-state index is 0.125.